The van der Waals surface area contributed by atoms with Crippen LogP contribution in [0, 0.1) is 6.92 Å². The molecular weight excluding hydrogens is 334 g/mol. The predicted octanol–water partition coefficient (Wildman–Crippen LogP) is 2.67. The van der Waals surface area contributed by atoms with E-state index in [1.54, 1.807) is 0 Å². The molecule has 25 heavy (non-hydrogen) atoms. The van der Waals surface area contributed by atoms with Gasteiger partial charge in [-0.3, -0.25) is 9.59 Å². The maximum absolute atomic E-state index is 12.4. The Hall–Kier alpha value is -1.95. The first kappa shape index (κ1) is 17.9. The molecule has 3 N–H and O–H groups in total. The number of aromatic nitrogens is 1. The fourth-order valence-corrected chi connectivity index (χ4v) is 4.09. The van der Waals surface area contributed by atoms with Crippen LogP contribution in [0.3, 0.4) is 0 Å². The van der Waals surface area contributed by atoms with Crippen molar-refractivity contribution < 1.29 is 9.59 Å². The molecule has 1 aliphatic rings. The van der Waals surface area contributed by atoms with Crippen molar-refractivity contribution in [1.29, 1.82) is 0 Å². The SMILES string of the molecule is CCc1[nH]c2ccc(CNC(=O)[C@H]3CSC(C)(C)C(=O)N3)cc2c1C. The molecule has 1 saturated heterocycles. The van der Waals surface area contributed by atoms with Crippen molar-refractivity contribution in [3.8, 4) is 0 Å². The Morgan fingerprint density at radius 2 is 2.16 bits per heavy atom. The minimum Gasteiger partial charge on any atom is -0.358 e. The number of rotatable bonds is 4. The molecular formula is C19H25N3O2S. The van der Waals surface area contributed by atoms with Gasteiger partial charge in [-0.05, 0) is 50.5 Å². The van der Waals surface area contributed by atoms with E-state index < -0.39 is 10.8 Å². The second kappa shape index (κ2) is 6.75. The molecule has 0 radical (unpaired) electrons. The number of hydrogen-bond donors (Lipinski definition) is 3. The summed E-state index contributed by atoms with van der Waals surface area (Å²) in [5.41, 5.74) is 4.70. The first-order chi connectivity index (χ1) is 11.8. The smallest absolute Gasteiger partial charge is 0.243 e. The second-order valence-electron chi connectivity index (χ2n) is 7.03. The minimum atomic E-state index is -0.468. The van der Waals surface area contributed by atoms with Crippen molar-refractivity contribution in [3.05, 3.63) is 35.0 Å². The van der Waals surface area contributed by atoms with E-state index >= 15 is 0 Å². The zero-order valence-corrected chi connectivity index (χ0v) is 16.0. The molecule has 1 aliphatic heterocycles. The number of aromatic amines is 1. The fourth-order valence-electron chi connectivity index (χ4n) is 3.08. The van der Waals surface area contributed by atoms with E-state index in [0.717, 1.165) is 17.5 Å². The van der Waals surface area contributed by atoms with Crippen LogP contribution in [0.5, 0.6) is 0 Å². The quantitative estimate of drug-likeness (QED) is 0.786. The van der Waals surface area contributed by atoms with Gasteiger partial charge in [-0.2, -0.15) is 0 Å². The molecule has 2 aromatic rings. The second-order valence-corrected chi connectivity index (χ2v) is 8.67. The third-order valence-electron chi connectivity index (χ3n) is 4.83. The minimum absolute atomic E-state index is 0.0830. The van der Waals surface area contributed by atoms with E-state index in [1.807, 2.05) is 19.9 Å². The number of carbonyl (C=O) groups is 2. The summed E-state index contributed by atoms with van der Waals surface area (Å²) in [6.45, 7) is 8.47. The van der Waals surface area contributed by atoms with Crippen LogP contribution in [-0.2, 0) is 22.6 Å². The van der Waals surface area contributed by atoms with E-state index in [0.29, 0.717) is 12.3 Å². The average Bonchev–Trinajstić information content (AvgIpc) is 2.91. The number of amides is 2. The van der Waals surface area contributed by atoms with Crippen molar-refractivity contribution in [1.82, 2.24) is 15.6 Å². The first-order valence-electron chi connectivity index (χ1n) is 8.64. The summed E-state index contributed by atoms with van der Waals surface area (Å²) in [4.78, 5) is 27.8. The molecule has 1 aromatic heterocycles. The summed E-state index contributed by atoms with van der Waals surface area (Å²) >= 11 is 1.52. The van der Waals surface area contributed by atoms with E-state index in [1.165, 1.54) is 28.4 Å². The highest BCUT2D eigenvalue weighted by atomic mass is 32.2. The third-order valence-corrected chi connectivity index (χ3v) is 6.23. The molecule has 0 unspecified atom stereocenters. The molecule has 6 heteroatoms. The molecule has 2 heterocycles. The highest BCUT2D eigenvalue weighted by Crippen LogP contribution is 2.29. The van der Waals surface area contributed by atoms with Crippen molar-refractivity contribution in [2.45, 2.75) is 51.4 Å². The summed E-state index contributed by atoms with van der Waals surface area (Å²) in [6, 6.07) is 5.74. The Morgan fingerprint density at radius 1 is 1.40 bits per heavy atom. The number of benzene rings is 1. The van der Waals surface area contributed by atoms with E-state index in [4.69, 9.17) is 0 Å². The van der Waals surface area contributed by atoms with Crippen LogP contribution in [0.4, 0.5) is 0 Å². The van der Waals surface area contributed by atoms with E-state index in [2.05, 4.69) is 41.6 Å². The van der Waals surface area contributed by atoms with E-state index in [9.17, 15) is 9.59 Å². The summed E-state index contributed by atoms with van der Waals surface area (Å²) in [6.07, 6.45) is 0.974. The summed E-state index contributed by atoms with van der Waals surface area (Å²) in [5.74, 6) is 0.386. The molecule has 0 bridgehead atoms. The van der Waals surface area contributed by atoms with Gasteiger partial charge in [0.1, 0.15) is 6.04 Å². The van der Waals surface area contributed by atoms with Crippen LogP contribution in [-0.4, -0.2) is 33.3 Å². The standard InChI is InChI=1S/C19H25N3O2S/c1-5-14-11(2)13-8-12(6-7-15(13)21-14)9-20-17(23)16-10-25-19(3,4)18(24)22-16/h6-8,16,21H,5,9-10H2,1-4H3,(H,20,23)(H,22,24)/t16-/m1/s1. The Bertz CT molecular complexity index is 825. The van der Waals surface area contributed by atoms with Gasteiger partial charge in [-0.15, -0.1) is 11.8 Å². The molecule has 134 valence electrons. The Morgan fingerprint density at radius 3 is 2.84 bits per heavy atom. The maximum atomic E-state index is 12.4. The molecule has 0 saturated carbocycles. The number of fused-ring (bicyclic) bond motifs is 1. The number of aryl methyl sites for hydroxylation is 2. The zero-order valence-electron chi connectivity index (χ0n) is 15.2. The number of nitrogens with one attached hydrogen (secondary N) is 3. The predicted molar refractivity (Wildman–Crippen MR) is 103 cm³/mol. The van der Waals surface area contributed by atoms with Crippen LogP contribution in [0.25, 0.3) is 10.9 Å². The molecule has 1 fully saturated rings. The number of carbonyl (C=O) groups excluding carboxylic acids is 2. The third kappa shape index (κ3) is 3.54. The van der Waals surface area contributed by atoms with Gasteiger partial charge in [0.2, 0.25) is 11.8 Å². The van der Waals surface area contributed by atoms with Crippen molar-refractivity contribution in [3.63, 3.8) is 0 Å². The first-order valence-corrected chi connectivity index (χ1v) is 9.63. The van der Waals surface area contributed by atoms with Crippen LogP contribution in [0.1, 0.15) is 37.6 Å². The van der Waals surface area contributed by atoms with Gasteiger partial charge >= 0.3 is 0 Å². The van der Waals surface area contributed by atoms with E-state index in [-0.39, 0.29) is 11.8 Å². The number of H-pyrrole nitrogens is 1. The van der Waals surface area contributed by atoms with Crippen molar-refractivity contribution in [2.24, 2.45) is 0 Å². The molecule has 2 amide bonds. The number of thioether (sulfide) groups is 1. The van der Waals surface area contributed by atoms with Crippen LogP contribution in [0.15, 0.2) is 18.2 Å². The lowest BCUT2D eigenvalue weighted by atomic mass is 10.1. The van der Waals surface area contributed by atoms with Crippen LogP contribution in [0.2, 0.25) is 0 Å². The zero-order chi connectivity index (χ0) is 18.2. The van der Waals surface area contributed by atoms with Gasteiger partial charge in [-0.25, -0.2) is 0 Å². The summed E-state index contributed by atoms with van der Waals surface area (Å²) in [5, 5.41) is 6.96. The Kier molecular flexibility index (Phi) is 4.82. The lowest BCUT2D eigenvalue weighted by molar-refractivity contribution is -0.129. The molecule has 5 nitrogen and oxygen atoms in total. The van der Waals surface area contributed by atoms with Gasteiger partial charge in [0.15, 0.2) is 0 Å². The monoisotopic (exact) mass is 359 g/mol. The van der Waals surface area contributed by atoms with Gasteiger partial charge in [-0.1, -0.05) is 13.0 Å². The summed E-state index contributed by atoms with van der Waals surface area (Å²) < 4.78 is -0.468. The average molecular weight is 359 g/mol. The van der Waals surface area contributed by atoms with Gasteiger partial charge in [0, 0.05) is 28.9 Å². The van der Waals surface area contributed by atoms with Crippen molar-refractivity contribution in [2.75, 3.05) is 5.75 Å². The molecule has 1 aromatic carbocycles. The number of hydrogen-bond acceptors (Lipinski definition) is 3. The Balaban J connectivity index is 1.65. The van der Waals surface area contributed by atoms with Crippen LogP contribution < -0.4 is 10.6 Å². The van der Waals surface area contributed by atoms with Crippen LogP contribution >= 0.6 is 11.8 Å². The molecule has 3 rings (SSSR count). The van der Waals surface area contributed by atoms with Gasteiger partial charge in [0.05, 0.1) is 4.75 Å². The highest BCUT2D eigenvalue weighted by molar-refractivity contribution is 8.01. The summed E-state index contributed by atoms with van der Waals surface area (Å²) in [7, 11) is 0. The largest absolute Gasteiger partial charge is 0.358 e. The highest BCUT2D eigenvalue weighted by Gasteiger charge is 2.37. The molecule has 0 aliphatic carbocycles. The fraction of sp³-hybridized carbons (Fsp3) is 0.474. The molecule has 1 atom stereocenters. The lowest BCUT2D eigenvalue weighted by Gasteiger charge is -2.32. The molecule has 0 spiro atoms. The van der Waals surface area contributed by atoms with Gasteiger partial charge < -0.3 is 15.6 Å². The van der Waals surface area contributed by atoms with Gasteiger partial charge in [0.25, 0.3) is 0 Å². The lowest BCUT2D eigenvalue weighted by Crippen LogP contribution is -2.57. The van der Waals surface area contributed by atoms with Crippen molar-refractivity contribution >= 4 is 34.5 Å². The maximum Gasteiger partial charge on any atom is 0.243 e. The normalized spacial score (nSPS) is 19.7. The Labute approximate surface area is 152 Å². The topological polar surface area (TPSA) is 74.0 Å².